The van der Waals surface area contributed by atoms with E-state index >= 15 is 0 Å². The third-order valence-corrected chi connectivity index (χ3v) is 6.82. The molecule has 0 saturated heterocycles. The fourth-order valence-electron chi connectivity index (χ4n) is 3.51. The van der Waals surface area contributed by atoms with Gasteiger partial charge in [-0.05, 0) is 69.5 Å². The van der Waals surface area contributed by atoms with E-state index in [0.29, 0.717) is 17.0 Å². The van der Waals surface area contributed by atoms with E-state index in [1.165, 1.54) is 35.2 Å². The zero-order chi connectivity index (χ0) is 26.6. The molecule has 1 N–H and O–H groups in total. The van der Waals surface area contributed by atoms with Crippen LogP contribution in [0.15, 0.2) is 42.5 Å². The smallest absolute Gasteiger partial charge is 0.244 e. The predicted octanol–water partition coefficient (Wildman–Crippen LogP) is 4.28. The lowest BCUT2D eigenvalue weighted by Crippen LogP contribution is -2.55. The number of rotatable bonds is 9. The molecule has 2 amide bonds. The Bertz CT molecular complexity index is 1160. The molecule has 0 bridgehead atoms. The summed E-state index contributed by atoms with van der Waals surface area (Å²) in [7, 11) is -3.86. The van der Waals surface area contributed by atoms with Gasteiger partial charge in [0.15, 0.2) is 0 Å². The zero-order valence-electron chi connectivity index (χ0n) is 20.9. The number of carbonyl (C=O) groups is 2. The Morgan fingerprint density at radius 2 is 1.71 bits per heavy atom. The second-order valence-corrected chi connectivity index (χ2v) is 11.8. The minimum Gasteiger partial charge on any atom is -0.350 e. The molecule has 0 aromatic heterocycles. The number of hydrogen-bond acceptors (Lipinski definition) is 4. The molecule has 192 valence electrons. The Morgan fingerprint density at radius 3 is 2.20 bits per heavy atom. The van der Waals surface area contributed by atoms with Gasteiger partial charge in [0.05, 0.1) is 11.9 Å². The fourth-order valence-corrected chi connectivity index (χ4v) is 4.53. The number of hydrogen-bond donors (Lipinski definition) is 1. The third-order valence-electron chi connectivity index (χ3n) is 5.27. The van der Waals surface area contributed by atoms with Gasteiger partial charge >= 0.3 is 0 Å². The summed E-state index contributed by atoms with van der Waals surface area (Å²) in [4.78, 5) is 28.0. The van der Waals surface area contributed by atoms with Crippen LogP contribution in [0.25, 0.3) is 0 Å². The van der Waals surface area contributed by atoms with Gasteiger partial charge in [0.2, 0.25) is 21.8 Å². The number of benzene rings is 2. The summed E-state index contributed by atoms with van der Waals surface area (Å²) in [5.74, 6) is -1.37. The lowest BCUT2D eigenvalue weighted by Gasteiger charge is -2.34. The summed E-state index contributed by atoms with van der Waals surface area (Å²) in [6.45, 7) is 8.51. The largest absolute Gasteiger partial charge is 0.350 e. The van der Waals surface area contributed by atoms with Crippen LogP contribution in [0.5, 0.6) is 0 Å². The summed E-state index contributed by atoms with van der Waals surface area (Å²) >= 11 is 6.20. The van der Waals surface area contributed by atoms with Crippen LogP contribution in [0, 0.1) is 12.7 Å². The SMILES string of the molecule is CCC(C(=O)NC(C)(C)C)N(Cc1ccc(F)cc1)C(=O)CN(c1ccc(C)c(Cl)c1)S(C)(=O)=O. The summed E-state index contributed by atoms with van der Waals surface area (Å²) in [5.41, 5.74) is 1.07. The topological polar surface area (TPSA) is 86.8 Å². The summed E-state index contributed by atoms with van der Waals surface area (Å²) in [6.07, 6.45) is 1.30. The highest BCUT2D eigenvalue weighted by atomic mass is 35.5. The molecule has 0 aliphatic heterocycles. The van der Waals surface area contributed by atoms with Crippen LogP contribution in [0.3, 0.4) is 0 Å². The van der Waals surface area contributed by atoms with E-state index in [1.54, 1.807) is 26.0 Å². The first-order chi connectivity index (χ1) is 16.1. The van der Waals surface area contributed by atoms with Crippen LogP contribution < -0.4 is 9.62 Å². The van der Waals surface area contributed by atoms with Crippen molar-refractivity contribution in [1.29, 1.82) is 0 Å². The van der Waals surface area contributed by atoms with Crippen molar-refractivity contribution in [2.24, 2.45) is 0 Å². The average Bonchev–Trinajstić information content (AvgIpc) is 2.73. The molecule has 1 unspecified atom stereocenters. The van der Waals surface area contributed by atoms with Crippen LogP contribution in [-0.4, -0.2) is 49.5 Å². The van der Waals surface area contributed by atoms with E-state index in [9.17, 15) is 22.4 Å². The molecule has 2 rings (SSSR count). The van der Waals surface area contributed by atoms with Crippen molar-refractivity contribution < 1.29 is 22.4 Å². The molecule has 0 spiro atoms. The van der Waals surface area contributed by atoms with Gasteiger partial charge < -0.3 is 10.2 Å². The minimum absolute atomic E-state index is 0.00143. The number of amides is 2. The van der Waals surface area contributed by atoms with Crippen LogP contribution in [0.4, 0.5) is 10.1 Å². The minimum atomic E-state index is -3.86. The van der Waals surface area contributed by atoms with Gasteiger partial charge in [0, 0.05) is 17.1 Å². The van der Waals surface area contributed by atoms with Crippen LogP contribution in [-0.2, 0) is 26.2 Å². The normalized spacial score (nSPS) is 12.7. The first-order valence-corrected chi connectivity index (χ1v) is 13.4. The number of anilines is 1. The highest BCUT2D eigenvalue weighted by molar-refractivity contribution is 7.92. The van der Waals surface area contributed by atoms with E-state index < -0.39 is 39.9 Å². The molecule has 0 saturated carbocycles. The highest BCUT2D eigenvalue weighted by Crippen LogP contribution is 2.25. The van der Waals surface area contributed by atoms with Crippen molar-refractivity contribution in [2.45, 2.75) is 59.2 Å². The second kappa shape index (κ2) is 11.4. The van der Waals surface area contributed by atoms with Crippen LogP contribution in [0.1, 0.15) is 45.2 Å². The maximum atomic E-state index is 13.6. The van der Waals surface area contributed by atoms with E-state index in [2.05, 4.69) is 5.32 Å². The van der Waals surface area contributed by atoms with E-state index in [4.69, 9.17) is 11.6 Å². The molecule has 1 atom stereocenters. The van der Waals surface area contributed by atoms with Gasteiger partial charge in [-0.3, -0.25) is 13.9 Å². The standard InChI is InChI=1S/C25H33ClFN3O4S/c1-7-22(24(32)28-25(3,4)5)29(15-18-9-11-19(27)12-10-18)23(31)16-30(35(6,33)34)20-13-8-17(2)21(26)14-20/h8-14,22H,7,15-16H2,1-6H3,(H,28,32). The maximum Gasteiger partial charge on any atom is 0.244 e. The van der Waals surface area contributed by atoms with E-state index in [0.717, 1.165) is 16.1 Å². The molecule has 35 heavy (non-hydrogen) atoms. The van der Waals surface area contributed by atoms with Gasteiger partial charge in [-0.1, -0.05) is 36.7 Å². The monoisotopic (exact) mass is 525 g/mol. The number of nitrogens with zero attached hydrogens (tertiary/aromatic N) is 2. The molecule has 0 radical (unpaired) electrons. The Kier molecular flexibility index (Phi) is 9.30. The van der Waals surface area contributed by atoms with Crippen molar-refractivity contribution >= 4 is 39.1 Å². The molecular formula is C25H33ClFN3O4S. The Labute approximate surface area is 212 Å². The zero-order valence-corrected chi connectivity index (χ0v) is 22.5. The second-order valence-electron chi connectivity index (χ2n) is 9.51. The number of halogens is 2. The van der Waals surface area contributed by atoms with Gasteiger partial charge in [-0.25, -0.2) is 12.8 Å². The van der Waals surface area contributed by atoms with Crippen LogP contribution in [0.2, 0.25) is 5.02 Å². The molecular weight excluding hydrogens is 493 g/mol. The lowest BCUT2D eigenvalue weighted by atomic mass is 10.1. The van der Waals surface area contributed by atoms with E-state index in [1.807, 2.05) is 20.8 Å². The first-order valence-electron chi connectivity index (χ1n) is 11.2. The van der Waals surface area contributed by atoms with Gasteiger partial charge in [0.1, 0.15) is 18.4 Å². The predicted molar refractivity (Wildman–Crippen MR) is 137 cm³/mol. The molecule has 0 heterocycles. The summed E-state index contributed by atoms with van der Waals surface area (Å²) in [5, 5.41) is 3.25. The maximum absolute atomic E-state index is 13.6. The molecule has 2 aromatic rings. The first kappa shape index (κ1) is 28.6. The van der Waals surface area contributed by atoms with Gasteiger partial charge in [-0.15, -0.1) is 0 Å². The molecule has 10 heteroatoms. The number of aryl methyl sites for hydroxylation is 1. The number of nitrogens with one attached hydrogen (secondary N) is 1. The summed E-state index contributed by atoms with van der Waals surface area (Å²) < 4.78 is 39.7. The van der Waals surface area contributed by atoms with Crippen molar-refractivity contribution in [3.05, 3.63) is 64.4 Å². The van der Waals surface area contributed by atoms with Gasteiger partial charge in [0.25, 0.3) is 0 Å². The average molecular weight is 526 g/mol. The number of carbonyl (C=O) groups excluding carboxylic acids is 2. The van der Waals surface area contributed by atoms with E-state index in [-0.39, 0.29) is 18.1 Å². The van der Waals surface area contributed by atoms with Crippen molar-refractivity contribution in [3.8, 4) is 0 Å². The molecule has 7 nitrogen and oxygen atoms in total. The quantitative estimate of drug-likeness (QED) is 0.529. The Hall–Kier alpha value is -2.65. The molecule has 2 aromatic carbocycles. The number of sulfonamides is 1. The Morgan fingerprint density at radius 1 is 1.11 bits per heavy atom. The lowest BCUT2D eigenvalue weighted by molar-refractivity contribution is -0.141. The molecule has 0 aliphatic rings. The van der Waals surface area contributed by atoms with Crippen LogP contribution >= 0.6 is 11.6 Å². The van der Waals surface area contributed by atoms with Crippen molar-refractivity contribution in [2.75, 3.05) is 17.1 Å². The highest BCUT2D eigenvalue weighted by Gasteiger charge is 2.33. The Balaban J connectivity index is 2.47. The third kappa shape index (κ3) is 8.21. The van der Waals surface area contributed by atoms with Gasteiger partial charge in [-0.2, -0.15) is 0 Å². The van der Waals surface area contributed by atoms with Crippen molar-refractivity contribution in [1.82, 2.24) is 10.2 Å². The van der Waals surface area contributed by atoms with Crippen molar-refractivity contribution in [3.63, 3.8) is 0 Å². The fraction of sp³-hybridized carbons (Fsp3) is 0.440. The molecule has 0 fully saturated rings. The molecule has 0 aliphatic carbocycles. The summed E-state index contributed by atoms with van der Waals surface area (Å²) in [6, 6.07) is 9.45.